The number of hydrogen-bond acceptors (Lipinski definition) is 6. The highest BCUT2D eigenvalue weighted by Gasteiger charge is 2.40. The molecule has 18 heavy (non-hydrogen) atoms. The second-order valence-corrected chi connectivity index (χ2v) is 3.38. The molecule has 10 heteroatoms. The molecule has 100 valence electrons. The van der Waals surface area contributed by atoms with Crippen LogP contribution in [0.25, 0.3) is 0 Å². The van der Waals surface area contributed by atoms with Gasteiger partial charge in [-0.25, -0.2) is 4.98 Å². The molecular weight excluding hydrogens is 257 g/mol. The maximum absolute atomic E-state index is 12.3. The Kier molecular flexibility index (Phi) is 3.58. The Balaban J connectivity index is 3.19. The molecule has 0 fully saturated rings. The van der Waals surface area contributed by atoms with Crippen LogP contribution in [0.4, 0.5) is 24.8 Å². The summed E-state index contributed by atoms with van der Waals surface area (Å²) in [6, 6.07) is 0. The Labute approximate surface area is 98.9 Å². The first kappa shape index (κ1) is 13.9. The maximum Gasteiger partial charge on any atom is 0.425 e. The summed E-state index contributed by atoms with van der Waals surface area (Å²) in [7, 11) is 0. The number of nitro groups is 1. The molecule has 0 amide bonds. The topological polar surface area (TPSA) is 104 Å². The van der Waals surface area contributed by atoms with Crippen LogP contribution in [0.5, 0.6) is 5.88 Å². The Hall–Kier alpha value is -2.13. The van der Waals surface area contributed by atoms with E-state index < -0.39 is 34.7 Å². The average Bonchev–Trinajstić information content (AvgIpc) is 2.13. The van der Waals surface area contributed by atoms with E-state index in [1.165, 1.54) is 6.92 Å². The van der Waals surface area contributed by atoms with Gasteiger partial charge in [-0.2, -0.15) is 18.2 Å². The number of nitrogen functional groups attached to an aromatic ring is 1. The van der Waals surface area contributed by atoms with Crippen LogP contribution in [-0.2, 0) is 0 Å². The molecule has 0 aliphatic carbocycles. The standard InChI is InChI=1S/C8H9F3N4O3/c1-3-5(15(16)17)6(14-7(12)13-3)18-4(2)8(9,10)11/h4H,1-2H3,(H2,12,13,14). The number of halogens is 3. The molecule has 1 aromatic heterocycles. The first-order chi connectivity index (χ1) is 8.12. The van der Waals surface area contributed by atoms with Crippen LogP contribution in [0.1, 0.15) is 12.6 Å². The Bertz CT molecular complexity index is 477. The van der Waals surface area contributed by atoms with Crippen molar-refractivity contribution in [3.63, 3.8) is 0 Å². The number of ether oxygens (including phenoxy) is 1. The summed E-state index contributed by atoms with van der Waals surface area (Å²) < 4.78 is 41.3. The number of nitrogens with zero attached hydrogens (tertiary/aromatic N) is 3. The Morgan fingerprint density at radius 3 is 2.44 bits per heavy atom. The highest BCUT2D eigenvalue weighted by atomic mass is 19.4. The Morgan fingerprint density at radius 2 is 2.00 bits per heavy atom. The first-order valence-corrected chi connectivity index (χ1v) is 4.64. The maximum atomic E-state index is 12.3. The van der Waals surface area contributed by atoms with Gasteiger partial charge in [-0.05, 0) is 13.8 Å². The van der Waals surface area contributed by atoms with Crippen molar-refractivity contribution in [1.29, 1.82) is 0 Å². The van der Waals surface area contributed by atoms with Gasteiger partial charge in [0.25, 0.3) is 5.88 Å². The Morgan fingerprint density at radius 1 is 1.44 bits per heavy atom. The van der Waals surface area contributed by atoms with Crippen LogP contribution in [-0.4, -0.2) is 27.2 Å². The van der Waals surface area contributed by atoms with Gasteiger partial charge >= 0.3 is 11.9 Å². The van der Waals surface area contributed by atoms with Gasteiger partial charge in [0, 0.05) is 0 Å². The van der Waals surface area contributed by atoms with Gasteiger partial charge in [0.1, 0.15) is 5.69 Å². The van der Waals surface area contributed by atoms with Crippen molar-refractivity contribution in [3.8, 4) is 5.88 Å². The van der Waals surface area contributed by atoms with Crippen molar-refractivity contribution in [3.05, 3.63) is 15.8 Å². The molecule has 0 aliphatic heterocycles. The minimum atomic E-state index is -4.67. The van der Waals surface area contributed by atoms with Crippen LogP contribution < -0.4 is 10.5 Å². The lowest BCUT2D eigenvalue weighted by Gasteiger charge is -2.17. The smallest absolute Gasteiger partial charge is 0.425 e. The second kappa shape index (κ2) is 4.63. The summed E-state index contributed by atoms with van der Waals surface area (Å²) in [4.78, 5) is 16.6. The predicted octanol–water partition coefficient (Wildman–Crippen LogP) is 1.61. The van der Waals surface area contributed by atoms with Gasteiger partial charge in [0.05, 0.1) is 4.92 Å². The minimum Gasteiger partial charge on any atom is -0.460 e. The number of aromatic nitrogens is 2. The fourth-order valence-corrected chi connectivity index (χ4v) is 1.09. The van der Waals surface area contributed by atoms with E-state index in [1.807, 2.05) is 0 Å². The van der Waals surface area contributed by atoms with Crippen molar-refractivity contribution >= 4 is 11.6 Å². The molecule has 0 aliphatic rings. The minimum absolute atomic E-state index is 0.170. The fourth-order valence-electron chi connectivity index (χ4n) is 1.09. The van der Waals surface area contributed by atoms with E-state index >= 15 is 0 Å². The van der Waals surface area contributed by atoms with Gasteiger partial charge in [0.15, 0.2) is 6.10 Å². The van der Waals surface area contributed by atoms with Gasteiger partial charge in [-0.1, -0.05) is 0 Å². The number of rotatable bonds is 3. The van der Waals surface area contributed by atoms with Crippen molar-refractivity contribution < 1.29 is 22.8 Å². The van der Waals surface area contributed by atoms with E-state index in [0.29, 0.717) is 6.92 Å². The number of hydrogen-bond donors (Lipinski definition) is 1. The molecule has 0 aromatic carbocycles. The van der Waals surface area contributed by atoms with Gasteiger partial charge in [-0.15, -0.1) is 0 Å². The lowest BCUT2D eigenvalue weighted by Crippen LogP contribution is -2.31. The molecule has 0 radical (unpaired) electrons. The third-order valence-corrected chi connectivity index (χ3v) is 1.98. The number of alkyl halides is 3. The van der Waals surface area contributed by atoms with Crippen molar-refractivity contribution in [2.45, 2.75) is 26.1 Å². The number of nitrogens with two attached hydrogens (primary N) is 1. The van der Waals surface area contributed by atoms with E-state index in [2.05, 4.69) is 14.7 Å². The molecule has 0 saturated heterocycles. The average molecular weight is 266 g/mol. The van der Waals surface area contributed by atoms with Crippen LogP contribution in [0.2, 0.25) is 0 Å². The zero-order chi connectivity index (χ0) is 14.1. The summed E-state index contributed by atoms with van der Waals surface area (Å²) >= 11 is 0. The lowest BCUT2D eigenvalue weighted by atomic mass is 10.3. The highest BCUT2D eigenvalue weighted by molar-refractivity contribution is 5.47. The van der Waals surface area contributed by atoms with Gasteiger partial charge in [-0.3, -0.25) is 10.1 Å². The molecule has 2 N–H and O–H groups in total. The lowest BCUT2D eigenvalue weighted by molar-refractivity contribution is -0.387. The summed E-state index contributed by atoms with van der Waals surface area (Å²) in [5.74, 6) is -1.20. The highest BCUT2D eigenvalue weighted by Crippen LogP contribution is 2.31. The number of aryl methyl sites for hydroxylation is 1. The van der Waals surface area contributed by atoms with Crippen molar-refractivity contribution in [2.75, 3.05) is 5.73 Å². The summed E-state index contributed by atoms with van der Waals surface area (Å²) in [6.45, 7) is 1.93. The normalized spacial score (nSPS) is 13.2. The second-order valence-electron chi connectivity index (χ2n) is 3.38. The zero-order valence-corrected chi connectivity index (χ0v) is 9.35. The van der Waals surface area contributed by atoms with E-state index in [9.17, 15) is 23.3 Å². The fraction of sp³-hybridized carbons (Fsp3) is 0.500. The van der Waals surface area contributed by atoms with Crippen molar-refractivity contribution in [2.24, 2.45) is 0 Å². The molecule has 1 aromatic rings. The molecule has 1 unspecified atom stereocenters. The zero-order valence-electron chi connectivity index (χ0n) is 9.35. The van der Waals surface area contributed by atoms with Gasteiger partial charge < -0.3 is 10.5 Å². The molecule has 0 spiro atoms. The SMILES string of the molecule is Cc1nc(N)nc(OC(C)C(F)(F)F)c1[N+](=O)[O-]. The third-order valence-electron chi connectivity index (χ3n) is 1.98. The molecule has 0 bridgehead atoms. The molecular formula is C8H9F3N4O3. The molecule has 7 nitrogen and oxygen atoms in total. The first-order valence-electron chi connectivity index (χ1n) is 4.64. The van der Waals surface area contributed by atoms with Crippen LogP contribution in [0, 0.1) is 17.0 Å². The molecule has 0 saturated carbocycles. The summed E-state index contributed by atoms with van der Waals surface area (Å²) in [5.41, 5.74) is 4.30. The summed E-state index contributed by atoms with van der Waals surface area (Å²) in [6.07, 6.45) is -6.91. The molecule has 1 atom stereocenters. The third kappa shape index (κ3) is 2.96. The molecule has 1 heterocycles. The van der Waals surface area contributed by atoms with Crippen LogP contribution in [0.3, 0.4) is 0 Å². The van der Waals surface area contributed by atoms with E-state index in [0.717, 1.165) is 0 Å². The largest absolute Gasteiger partial charge is 0.460 e. The number of anilines is 1. The van der Waals surface area contributed by atoms with Crippen LogP contribution >= 0.6 is 0 Å². The quantitative estimate of drug-likeness (QED) is 0.658. The summed E-state index contributed by atoms with van der Waals surface area (Å²) in [5, 5.41) is 10.7. The molecule has 1 rings (SSSR count). The van der Waals surface area contributed by atoms with E-state index in [1.54, 1.807) is 0 Å². The van der Waals surface area contributed by atoms with Gasteiger partial charge in [0.2, 0.25) is 5.95 Å². The van der Waals surface area contributed by atoms with E-state index in [-0.39, 0.29) is 5.69 Å². The predicted molar refractivity (Wildman–Crippen MR) is 54.0 cm³/mol. The monoisotopic (exact) mass is 266 g/mol. The van der Waals surface area contributed by atoms with Crippen molar-refractivity contribution in [1.82, 2.24) is 9.97 Å². The van der Waals surface area contributed by atoms with Crippen LogP contribution in [0.15, 0.2) is 0 Å². The van der Waals surface area contributed by atoms with E-state index in [4.69, 9.17) is 5.73 Å².